The molecule has 0 saturated carbocycles. The van der Waals surface area contributed by atoms with Crippen LogP contribution in [-0.4, -0.2) is 29.7 Å². The first-order valence-electron chi connectivity index (χ1n) is 7.20. The van der Waals surface area contributed by atoms with Crippen LogP contribution in [0.1, 0.15) is 37.2 Å². The summed E-state index contributed by atoms with van der Waals surface area (Å²) in [4.78, 5) is 7.87. The standard InChI is InChI=1S/C16H21N3O/c1-11(2)12-3-5-13(6-4-12)14-9-18-16(19-14)15-10-20-8-7-17-15/h3-6,9,11,15,17H,7-8,10H2,1-2H3,(H,18,19). The van der Waals surface area contributed by atoms with Crippen molar-refractivity contribution in [2.45, 2.75) is 25.8 Å². The van der Waals surface area contributed by atoms with Gasteiger partial charge in [0.05, 0.1) is 31.1 Å². The molecule has 0 amide bonds. The summed E-state index contributed by atoms with van der Waals surface area (Å²) < 4.78 is 5.47. The number of rotatable bonds is 3. The third kappa shape index (κ3) is 2.76. The maximum absolute atomic E-state index is 5.47. The van der Waals surface area contributed by atoms with Gasteiger partial charge in [0.2, 0.25) is 0 Å². The van der Waals surface area contributed by atoms with E-state index in [9.17, 15) is 0 Å². The lowest BCUT2D eigenvalue weighted by Gasteiger charge is -2.21. The molecule has 1 atom stereocenters. The molecule has 1 unspecified atom stereocenters. The van der Waals surface area contributed by atoms with Crippen LogP contribution in [0.2, 0.25) is 0 Å². The highest BCUT2D eigenvalue weighted by Gasteiger charge is 2.18. The lowest BCUT2D eigenvalue weighted by molar-refractivity contribution is 0.0745. The Labute approximate surface area is 119 Å². The molecule has 1 aliphatic heterocycles. The van der Waals surface area contributed by atoms with E-state index in [2.05, 4.69) is 53.4 Å². The molecule has 2 aromatic rings. The van der Waals surface area contributed by atoms with Crippen molar-refractivity contribution >= 4 is 0 Å². The Balaban J connectivity index is 1.78. The molecule has 2 N–H and O–H groups in total. The van der Waals surface area contributed by atoms with Crippen molar-refractivity contribution in [3.63, 3.8) is 0 Å². The van der Waals surface area contributed by atoms with Gasteiger partial charge in [-0.05, 0) is 17.0 Å². The molecule has 1 saturated heterocycles. The predicted octanol–water partition coefficient (Wildman–Crippen LogP) is 2.86. The number of morpholine rings is 1. The number of benzene rings is 1. The highest BCUT2D eigenvalue weighted by atomic mass is 16.5. The number of ether oxygens (including phenoxy) is 1. The lowest BCUT2D eigenvalue weighted by Crippen LogP contribution is -2.35. The van der Waals surface area contributed by atoms with Crippen molar-refractivity contribution in [1.82, 2.24) is 15.3 Å². The summed E-state index contributed by atoms with van der Waals surface area (Å²) in [7, 11) is 0. The van der Waals surface area contributed by atoms with E-state index >= 15 is 0 Å². The number of nitrogens with one attached hydrogen (secondary N) is 2. The van der Waals surface area contributed by atoms with Crippen LogP contribution >= 0.6 is 0 Å². The summed E-state index contributed by atoms with van der Waals surface area (Å²) in [5.41, 5.74) is 3.59. The Hall–Kier alpha value is -1.65. The second-order valence-electron chi connectivity index (χ2n) is 5.54. The van der Waals surface area contributed by atoms with Gasteiger partial charge in [0.15, 0.2) is 0 Å². The molecule has 0 aliphatic carbocycles. The molecule has 1 aliphatic rings. The summed E-state index contributed by atoms with van der Waals surface area (Å²) in [6.45, 7) is 6.75. The van der Waals surface area contributed by atoms with Crippen molar-refractivity contribution in [3.05, 3.63) is 41.9 Å². The minimum absolute atomic E-state index is 0.174. The van der Waals surface area contributed by atoms with Crippen LogP contribution in [0.5, 0.6) is 0 Å². The average Bonchev–Trinajstić information content (AvgIpc) is 2.98. The molecule has 20 heavy (non-hydrogen) atoms. The predicted molar refractivity (Wildman–Crippen MR) is 79.7 cm³/mol. The van der Waals surface area contributed by atoms with Gasteiger partial charge in [-0.1, -0.05) is 38.1 Å². The van der Waals surface area contributed by atoms with Gasteiger partial charge in [-0.2, -0.15) is 0 Å². The first kappa shape index (κ1) is 13.3. The van der Waals surface area contributed by atoms with Crippen molar-refractivity contribution < 1.29 is 4.74 Å². The third-order valence-corrected chi connectivity index (χ3v) is 3.74. The van der Waals surface area contributed by atoms with Crippen molar-refractivity contribution in [1.29, 1.82) is 0 Å². The smallest absolute Gasteiger partial charge is 0.126 e. The molecule has 4 heteroatoms. The third-order valence-electron chi connectivity index (χ3n) is 3.74. The number of aromatic amines is 1. The fourth-order valence-corrected chi connectivity index (χ4v) is 2.45. The zero-order chi connectivity index (χ0) is 13.9. The number of hydrogen-bond acceptors (Lipinski definition) is 3. The molecule has 106 valence electrons. The van der Waals surface area contributed by atoms with Crippen LogP contribution in [-0.2, 0) is 4.74 Å². The average molecular weight is 271 g/mol. The highest BCUT2D eigenvalue weighted by molar-refractivity contribution is 5.59. The Morgan fingerprint density at radius 1 is 1.25 bits per heavy atom. The second-order valence-corrected chi connectivity index (χ2v) is 5.54. The van der Waals surface area contributed by atoms with E-state index in [4.69, 9.17) is 4.74 Å². The zero-order valence-corrected chi connectivity index (χ0v) is 12.0. The molecule has 0 bridgehead atoms. The van der Waals surface area contributed by atoms with E-state index in [-0.39, 0.29) is 6.04 Å². The molecule has 1 aromatic carbocycles. The molecule has 0 radical (unpaired) electrons. The van der Waals surface area contributed by atoms with Gasteiger partial charge in [-0.3, -0.25) is 0 Å². The fraction of sp³-hybridized carbons (Fsp3) is 0.438. The van der Waals surface area contributed by atoms with Gasteiger partial charge in [-0.25, -0.2) is 4.98 Å². The maximum atomic E-state index is 5.47. The van der Waals surface area contributed by atoms with Gasteiger partial charge in [-0.15, -0.1) is 0 Å². The van der Waals surface area contributed by atoms with Gasteiger partial charge in [0.25, 0.3) is 0 Å². The van der Waals surface area contributed by atoms with Gasteiger partial charge in [0, 0.05) is 6.54 Å². The van der Waals surface area contributed by atoms with E-state index in [0.717, 1.165) is 24.7 Å². The number of aromatic nitrogens is 2. The summed E-state index contributed by atoms with van der Waals surface area (Å²) in [6.07, 6.45) is 1.90. The number of imidazole rings is 1. The minimum atomic E-state index is 0.174. The van der Waals surface area contributed by atoms with Gasteiger partial charge >= 0.3 is 0 Å². The molecular weight excluding hydrogens is 250 g/mol. The number of nitrogens with zero attached hydrogens (tertiary/aromatic N) is 1. The van der Waals surface area contributed by atoms with Crippen molar-refractivity contribution in [2.24, 2.45) is 0 Å². The molecular formula is C16H21N3O. The van der Waals surface area contributed by atoms with Crippen LogP contribution in [0.25, 0.3) is 11.3 Å². The molecule has 1 aromatic heterocycles. The Bertz CT molecular complexity index is 553. The van der Waals surface area contributed by atoms with Crippen LogP contribution in [0.3, 0.4) is 0 Å². The summed E-state index contributed by atoms with van der Waals surface area (Å²) in [5, 5.41) is 3.41. The Morgan fingerprint density at radius 3 is 2.70 bits per heavy atom. The summed E-state index contributed by atoms with van der Waals surface area (Å²) >= 11 is 0. The molecule has 4 nitrogen and oxygen atoms in total. The van der Waals surface area contributed by atoms with E-state index in [0.29, 0.717) is 12.5 Å². The Kier molecular flexibility index (Phi) is 3.85. The van der Waals surface area contributed by atoms with Crippen molar-refractivity contribution in [3.8, 4) is 11.3 Å². The fourth-order valence-electron chi connectivity index (χ4n) is 2.45. The van der Waals surface area contributed by atoms with Gasteiger partial charge in [0.1, 0.15) is 5.82 Å². The van der Waals surface area contributed by atoms with E-state index in [1.165, 1.54) is 11.1 Å². The van der Waals surface area contributed by atoms with Crippen LogP contribution < -0.4 is 5.32 Å². The summed E-state index contributed by atoms with van der Waals surface area (Å²) in [5.74, 6) is 1.51. The quantitative estimate of drug-likeness (QED) is 0.902. The second kappa shape index (κ2) is 5.77. The molecule has 1 fully saturated rings. The van der Waals surface area contributed by atoms with Gasteiger partial charge < -0.3 is 15.0 Å². The van der Waals surface area contributed by atoms with Crippen LogP contribution in [0, 0.1) is 0 Å². The number of hydrogen-bond donors (Lipinski definition) is 2. The minimum Gasteiger partial charge on any atom is -0.378 e. The SMILES string of the molecule is CC(C)c1ccc(-c2cnc(C3COCCN3)[nH]2)cc1. The first-order chi connectivity index (χ1) is 9.74. The molecule has 0 spiro atoms. The highest BCUT2D eigenvalue weighted by Crippen LogP contribution is 2.23. The Morgan fingerprint density at radius 2 is 2.05 bits per heavy atom. The first-order valence-corrected chi connectivity index (χ1v) is 7.20. The lowest BCUT2D eigenvalue weighted by atomic mass is 10.0. The van der Waals surface area contributed by atoms with Crippen LogP contribution in [0.15, 0.2) is 30.5 Å². The topological polar surface area (TPSA) is 49.9 Å². The normalized spacial score (nSPS) is 19.4. The molecule has 3 rings (SSSR count). The van der Waals surface area contributed by atoms with E-state index in [1.807, 2.05) is 6.20 Å². The number of H-pyrrole nitrogens is 1. The zero-order valence-electron chi connectivity index (χ0n) is 12.0. The van der Waals surface area contributed by atoms with E-state index in [1.54, 1.807) is 0 Å². The largest absolute Gasteiger partial charge is 0.378 e. The molecule has 2 heterocycles. The van der Waals surface area contributed by atoms with Crippen molar-refractivity contribution in [2.75, 3.05) is 19.8 Å². The summed E-state index contributed by atoms with van der Waals surface area (Å²) in [6, 6.07) is 8.84. The monoisotopic (exact) mass is 271 g/mol. The van der Waals surface area contributed by atoms with Crippen LogP contribution in [0.4, 0.5) is 0 Å². The maximum Gasteiger partial charge on any atom is 0.126 e. The van der Waals surface area contributed by atoms with E-state index < -0.39 is 0 Å².